The lowest BCUT2D eigenvalue weighted by atomic mass is 10.1. The summed E-state index contributed by atoms with van der Waals surface area (Å²) in [5, 5.41) is 0. The maximum Gasteiger partial charge on any atom is 0.132 e. The summed E-state index contributed by atoms with van der Waals surface area (Å²) in [7, 11) is 0. The zero-order valence-electron chi connectivity index (χ0n) is 10.8. The van der Waals surface area contributed by atoms with Crippen molar-refractivity contribution >= 4 is 0 Å². The van der Waals surface area contributed by atoms with Crippen LogP contribution in [0.5, 0.6) is 5.75 Å². The Morgan fingerprint density at radius 1 is 1.17 bits per heavy atom. The van der Waals surface area contributed by atoms with Gasteiger partial charge in [0.2, 0.25) is 0 Å². The van der Waals surface area contributed by atoms with E-state index in [4.69, 9.17) is 4.74 Å². The molecule has 0 aliphatic rings. The van der Waals surface area contributed by atoms with Crippen LogP contribution in [0.15, 0.2) is 36.5 Å². The second-order valence-corrected chi connectivity index (χ2v) is 4.53. The molecular formula is C15H16FNO. The first kappa shape index (κ1) is 12.6. The zero-order chi connectivity index (χ0) is 13.1. The molecule has 0 unspecified atom stereocenters. The summed E-state index contributed by atoms with van der Waals surface area (Å²) in [5.41, 5.74) is 1.98. The molecule has 0 amide bonds. The monoisotopic (exact) mass is 245 g/mol. The van der Waals surface area contributed by atoms with E-state index in [1.807, 2.05) is 26.8 Å². The van der Waals surface area contributed by atoms with Crippen molar-refractivity contribution in [1.29, 1.82) is 0 Å². The number of nitrogens with zero attached hydrogens (tertiary/aromatic N) is 1. The number of benzene rings is 1. The van der Waals surface area contributed by atoms with Gasteiger partial charge in [-0.2, -0.15) is 0 Å². The highest BCUT2D eigenvalue weighted by atomic mass is 19.1. The summed E-state index contributed by atoms with van der Waals surface area (Å²) in [5.74, 6) is 0.444. The van der Waals surface area contributed by atoms with E-state index >= 15 is 0 Å². The Balaban J connectivity index is 2.38. The summed E-state index contributed by atoms with van der Waals surface area (Å²) in [6.07, 6.45) is 1.72. The predicted molar refractivity (Wildman–Crippen MR) is 70.1 cm³/mol. The van der Waals surface area contributed by atoms with Gasteiger partial charge in [0.05, 0.1) is 11.8 Å². The van der Waals surface area contributed by atoms with Crippen LogP contribution in [-0.4, -0.2) is 11.1 Å². The Morgan fingerprint density at radius 2 is 1.94 bits per heavy atom. The van der Waals surface area contributed by atoms with E-state index < -0.39 is 0 Å². The van der Waals surface area contributed by atoms with Gasteiger partial charge < -0.3 is 4.74 Å². The van der Waals surface area contributed by atoms with Crippen molar-refractivity contribution in [2.45, 2.75) is 26.9 Å². The molecule has 0 aliphatic carbocycles. The lowest BCUT2D eigenvalue weighted by Crippen LogP contribution is -2.05. The number of aryl methyl sites for hydroxylation is 1. The highest BCUT2D eigenvalue weighted by Crippen LogP contribution is 2.25. The summed E-state index contributed by atoms with van der Waals surface area (Å²) < 4.78 is 19.4. The summed E-state index contributed by atoms with van der Waals surface area (Å²) in [6, 6.07) is 8.65. The van der Waals surface area contributed by atoms with E-state index in [1.54, 1.807) is 24.4 Å². The molecule has 3 heteroatoms. The predicted octanol–water partition coefficient (Wildman–Crippen LogP) is 3.98. The van der Waals surface area contributed by atoms with Crippen molar-refractivity contribution in [3.8, 4) is 17.0 Å². The van der Waals surface area contributed by atoms with E-state index in [2.05, 4.69) is 4.98 Å². The van der Waals surface area contributed by atoms with Crippen LogP contribution in [0.25, 0.3) is 11.3 Å². The minimum Gasteiger partial charge on any atom is -0.491 e. The molecular weight excluding hydrogens is 229 g/mol. The molecule has 0 saturated heterocycles. The molecule has 2 rings (SSSR count). The third-order valence-electron chi connectivity index (χ3n) is 2.50. The van der Waals surface area contributed by atoms with Gasteiger partial charge in [0.25, 0.3) is 0 Å². The Kier molecular flexibility index (Phi) is 3.60. The fourth-order valence-electron chi connectivity index (χ4n) is 1.73. The molecule has 0 N–H and O–H groups in total. The minimum absolute atomic E-state index is 0.0862. The summed E-state index contributed by atoms with van der Waals surface area (Å²) >= 11 is 0. The molecule has 0 atom stereocenters. The molecule has 2 aromatic rings. The van der Waals surface area contributed by atoms with Crippen LogP contribution in [0.1, 0.15) is 19.4 Å². The van der Waals surface area contributed by atoms with Gasteiger partial charge in [-0.1, -0.05) is 6.07 Å². The number of ether oxygens (including phenoxy) is 1. The van der Waals surface area contributed by atoms with Crippen molar-refractivity contribution in [1.82, 2.24) is 4.98 Å². The van der Waals surface area contributed by atoms with Gasteiger partial charge in [-0.3, -0.25) is 4.98 Å². The van der Waals surface area contributed by atoms with Crippen LogP contribution in [0.2, 0.25) is 0 Å². The van der Waals surface area contributed by atoms with Crippen molar-refractivity contribution in [2.24, 2.45) is 0 Å². The topological polar surface area (TPSA) is 22.1 Å². The molecule has 18 heavy (non-hydrogen) atoms. The average molecular weight is 245 g/mol. The fraction of sp³-hybridized carbons (Fsp3) is 0.267. The number of pyridine rings is 1. The van der Waals surface area contributed by atoms with Crippen LogP contribution in [0.3, 0.4) is 0 Å². The van der Waals surface area contributed by atoms with Crippen molar-refractivity contribution in [2.75, 3.05) is 0 Å². The number of aromatic nitrogens is 1. The van der Waals surface area contributed by atoms with Crippen LogP contribution >= 0.6 is 0 Å². The quantitative estimate of drug-likeness (QED) is 0.815. The normalized spacial score (nSPS) is 10.7. The Labute approximate surface area is 106 Å². The van der Waals surface area contributed by atoms with Gasteiger partial charge in [0.1, 0.15) is 11.6 Å². The standard InChI is InChI=1S/C15H16FNO/c1-10(2)18-12-6-7-17-15(9-12)13-5-4-11(3)8-14(13)16/h4-10H,1-3H3. The number of hydrogen-bond acceptors (Lipinski definition) is 2. The van der Waals surface area contributed by atoms with Gasteiger partial charge in [-0.15, -0.1) is 0 Å². The van der Waals surface area contributed by atoms with E-state index in [9.17, 15) is 4.39 Å². The van der Waals surface area contributed by atoms with Crippen LogP contribution in [0, 0.1) is 12.7 Å². The van der Waals surface area contributed by atoms with E-state index in [0.717, 1.165) is 5.56 Å². The lowest BCUT2D eigenvalue weighted by molar-refractivity contribution is 0.242. The van der Waals surface area contributed by atoms with Gasteiger partial charge in [0, 0.05) is 17.8 Å². The van der Waals surface area contributed by atoms with Gasteiger partial charge in [-0.25, -0.2) is 4.39 Å². The highest BCUT2D eigenvalue weighted by Gasteiger charge is 2.08. The summed E-state index contributed by atoms with van der Waals surface area (Å²) in [4.78, 5) is 4.19. The average Bonchev–Trinajstić information content (AvgIpc) is 2.28. The fourth-order valence-corrected chi connectivity index (χ4v) is 1.73. The van der Waals surface area contributed by atoms with Crippen molar-refractivity contribution in [3.05, 3.63) is 47.9 Å². The Morgan fingerprint density at radius 3 is 2.61 bits per heavy atom. The molecule has 0 spiro atoms. The Bertz CT molecular complexity index is 552. The van der Waals surface area contributed by atoms with E-state index in [-0.39, 0.29) is 11.9 Å². The Hall–Kier alpha value is -1.90. The largest absolute Gasteiger partial charge is 0.491 e. The first-order valence-corrected chi connectivity index (χ1v) is 5.95. The molecule has 2 nitrogen and oxygen atoms in total. The van der Waals surface area contributed by atoms with Gasteiger partial charge in [-0.05, 0) is 44.5 Å². The van der Waals surface area contributed by atoms with Gasteiger partial charge in [0.15, 0.2) is 0 Å². The zero-order valence-corrected chi connectivity index (χ0v) is 10.8. The van der Waals surface area contributed by atoms with Crippen molar-refractivity contribution < 1.29 is 9.13 Å². The second kappa shape index (κ2) is 5.17. The van der Waals surface area contributed by atoms with E-state index in [1.165, 1.54) is 6.07 Å². The minimum atomic E-state index is -0.260. The molecule has 1 aromatic heterocycles. The smallest absolute Gasteiger partial charge is 0.132 e. The third kappa shape index (κ3) is 2.86. The maximum absolute atomic E-state index is 13.8. The first-order valence-electron chi connectivity index (χ1n) is 5.95. The molecule has 0 fully saturated rings. The van der Waals surface area contributed by atoms with Crippen LogP contribution in [0.4, 0.5) is 4.39 Å². The van der Waals surface area contributed by atoms with Gasteiger partial charge >= 0.3 is 0 Å². The lowest BCUT2D eigenvalue weighted by Gasteiger charge is -2.10. The molecule has 94 valence electrons. The van der Waals surface area contributed by atoms with E-state index in [0.29, 0.717) is 17.0 Å². The van der Waals surface area contributed by atoms with Crippen LogP contribution < -0.4 is 4.74 Å². The molecule has 0 aliphatic heterocycles. The molecule has 1 heterocycles. The molecule has 0 bridgehead atoms. The summed E-state index contributed by atoms with van der Waals surface area (Å²) in [6.45, 7) is 5.76. The number of rotatable bonds is 3. The number of halogens is 1. The van der Waals surface area contributed by atoms with Crippen molar-refractivity contribution in [3.63, 3.8) is 0 Å². The maximum atomic E-state index is 13.8. The second-order valence-electron chi connectivity index (χ2n) is 4.53. The van der Waals surface area contributed by atoms with Crippen LogP contribution in [-0.2, 0) is 0 Å². The molecule has 0 saturated carbocycles. The molecule has 0 radical (unpaired) electrons. The SMILES string of the molecule is Cc1ccc(-c2cc(OC(C)C)ccn2)c(F)c1. The third-order valence-corrected chi connectivity index (χ3v) is 2.50. The highest BCUT2D eigenvalue weighted by molar-refractivity contribution is 5.61. The molecule has 1 aromatic carbocycles. The number of hydrogen-bond donors (Lipinski definition) is 0. The first-order chi connectivity index (χ1) is 8.56.